The first kappa shape index (κ1) is 18.5. The van der Waals surface area contributed by atoms with E-state index in [1.807, 2.05) is 37.3 Å². The number of nitrogens with zero attached hydrogens (tertiary/aromatic N) is 2. The van der Waals surface area contributed by atoms with Crippen LogP contribution in [0.2, 0.25) is 0 Å². The monoisotopic (exact) mass is 400 g/mol. The number of aliphatic hydroxyl groups is 1. The molecule has 1 N–H and O–H groups in total. The minimum absolute atomic E-state index is 0.0116. The van der Waals surface area contributed by atoms with Crippen LogP contribution in [-0.4, -0.2) is 8.34 Å². The highest BCUT2D eigenvalue weighted by Crippen LogP contribution is 2.35. The predicted octanol–water partition coefficient (Wildman–Crippen LogP) is 4.64. The smallest absolute Gasteiger partial charge is 0.274 e. The lowest BCUT2D eigenvalue weighted by molar-refractivity contribution is 0.211. The van der Waals surface area contributed by atoms with Gasteiger partial charge >= 0.3 is 0 Å². The standard InChI is InChI=1S/C8H8O2.C6H6Br2N2/c1-7(9)10-8-5-3-2-4-6-8;1-5(2-3-9)6(7,8)4-10/h2-6,9H,1H2;5H,2H2,1H3. The zero-order valence-electron chi connectivity index (χ0n) is 10.9. The van der Waals surface area contributed by atoms with Gasteiger partial charge in [0.15, 0.2) is 3.23 Å². The van der Waals surface area contributed by atoms with E-state index in [2.05, 4.69) is 38.4 Å². The molecule has 0 fully saturated rings. The summed E-state index contributed by atoms with van der Waals surface area (Å²) in [5.74, 6) is 0.295. The van der Waals surface area contributed by atoms with Gasteiger partial charge in [-0.2, -0.15) is 10.5 Å². The van der Waals surface area contributed by atoms with Gasteiger partial charge in [-0.1, -0.05) is 57.0 Å². The first-order chi connectivity index (χ1) is 9.33. The molecule has 20 heavy (non-hydrogen) atoms. The SMILES string of the molecule is C=C(O)Oc1ccccc1.CC(CC#N)C(Br)(Br)C#N. The third-order valence-electron chi connectivity index (χ3n) is 2.14. The van der Waals surface area contributed by atoms with Crippen molar-refractivity contribution in [1.29, 1.82) is 10.5 Å². The molecule has 0 aliphatic carbocycles. The van der Waals surface area contributed by atoms with E-state index in [4.69, 9.17) is 20.4 Å². The molecule has 1 rings (SSSR count). The van der Waals surface area contributed by atoms with Crippen molar-refractivity contribution in [2.24, 2.45) is 5.92 Å². The van der Waals surface area contributed by atoms with Crippen molar-refractivity contribution in [1.82, 2.24) is 0 Å². The van der Waals surface area contributed by atoms with Crippen molar-refractivity contribution in [3.8, 4) is 17.9 Å². The van der Waals surface area contributed by atoms with Gasteiger partial charge in [-0.25, -0.2) is 0 Å². The van der Waals surface area contributed by atoms with Crippen molar-refractivity contribution in [2.75, 3.05) is 0 Å². The van der Waals surface area contributed by atoms with Crippen LogP contribution in [0.1, 0.15) is 13.3 Å². The topological polar surface area (TPSA) is 77.0 Å². The van der Waals surface area contributed by atoms with Crippen LogP contribution in [0, 0.1) is 28.6 Å². The van der Waals surface area contributed by atoms with Crippen LogP contribution in [0.15, 0.2) is 42.9 Å². The molecular weight excluding hydrogens is 388 g/mol. The second kappa shape index (κ2) is 9.41. The van der Waals surface area contributed by atoms with E-state index in [1.54, 1.807) is 12.1 Å². The van der Waals surface area contributed by atoms with Gasteiger partial charge in [-0.3, -0.25) is 0 Å². The average molecular weight is 402 g/mol. The van der Waals surface area contributed by atoms with Crippen molar-refractivity contribution in [2.45, 2.75) is 16.6 Å². The Labute approximate surface area is 135 Å². The summed E-state index contributed by atoms with van der Waals surface area (Å²) in [6.07, 6.45) is 0.365. The van der Waals surface area contributed by atoms with Crippen molar-refractivity contribution in [3.63, 3.8) is 0 Å². The van der Waals surface area contributed by atoms with Crippen LogP contribution in [0.4, 0.5) is 0 Å². The van der Waals surface area contributed by atoms with Crippen LogP contribution in [-0.2, 0) is 0 Å². The summed E-state index contributed by atoms with van der Waals surface area (Å²) in [6, 6.07) is 13.0. The summed E-state index contributed by atoms with van der Waals surface area (Å²) >= 11 is 6.30. The highest BCUT2D eigenvalue weighted by atomic mass is 79.9. The molecule has 0 radical (unpaired) electrons. The fourth-order valence-corrected chi connectivity index (χ4v) is 1.32. The second-order valence-electron chi connectivity index (χ2n) is 3.81. The van der Waals surface area contributed by atoms with Crippen LogP contribution in [0.25, 0.3) is 0 Å². The fraction of sp³-hybridized carbons (Fsp3) is 0.286. The van der Waals surface area contributed by atoms with E-state index >= 15 is 0 Å². The number of benzene rings is 1. The van der Waals surface area contributed by atoms with Gasteiger partial charge in [-0.15, -0.1) is 0 Å². The summed E-state index contributed by atoms with van der Waals surface area (Å²) in [7, 11) is 0. The van der Waals surface area contributed by atoms with Crippen LogP contribution < -0.4 is 4.74 Å². The molecule has 0 bridgehead atoms. The van der Waals surface area contributed by atoms with Gasteiger partial charge in [0.05, 0.1) is 12.1 Å². The van der Waals surface area contributed by atoms with Gasteiger partial charge in [0, 0.05) is 12.3 Å². The molecule has 106 valence electrons. The van der Waals surface area contributed by atoms with Crippen molar-refractivity contribution < 1.29 is 9.84 Å². The minimum Gasteiger partial charge on any atom is -0.481 e. The Hall–Kier alpha value is -1.50. The van der Waals surface area contributed by atoms with E-state index in [1.165, 1.54) is 0 Å². The number of hydrogen-bond donors (Lipinski definition) is 1. The van der Waals surface area contributed by atoms with Gasteiger partial charge in [-0.05, 0) is 18.7 Å². The lowest BCUT2D eigenvalue weighted by atomic mass is 10.1. The number of aliphatic hydroxyl groups excluding tert-OH is 1. The van der Waals surface area contributed by atoms with Crippen molar-refractivity contribution >= 4 is 31.9 Å². The largest absolute Gasteiger partial charge is 0.481 e. The maximum atomic E-state index is 8.59. The Morgan fingerprint density at radius 2 is 1.95 bits per heavy atom. The molecular formula is C14H14Br2N2O2. The van der Waals surface area contributed by atoms with Crippen LogP contribution >= 0.6 is 31.9 Å². The summed E-state index contributed by atoms with van der Waals surface area (Å²) in [4.78, 5) is 0. The van der Waals surface area contributed by atoms with E-state index in [-0.39, 0.29) is 11.9 Å². The maximum absolute atomic E-state index is 8.59. The number of halogens is 2. The third-order valence-corrected chi connectivity index (χ3v) is 4.06. The number of nitriles is 2. The Bertz CT molecular complexity index is 504. The first-order valence-electron chi connectivity index (χ1n) is 5.60. The van der Waals surface area contributed by atoms with E-state index < -0.39 is 3.23 Å². The molecule has 0 aromatic heterocycles. The van der Waals surface area contributed by atoms with Crippen LogP contribution in [0.5, 0.6) is 5.75 Å². The lowest BCUT2D eigenvalue weighted by Crippen LogP contribution is -2.18. The molecule has 0 heterocycles. The number of ether oxygens (including phenoxy) is 1. The molecule has 1 aromatic rings. The van der Waals surface area contributed by atoms with Crippen molar-refractivity contribution in [3.05, 3.63) is 42.9 Å². The molecule has 0 saturated heterocycles. The molecule has 0 spiro atoms. The highest BCUT2D eigenvalue weighted by Gasteiger charge is 2.29. The molecule has 0 amide bonds. The molecule has 4 nitrogen and oxygen atoms in total. The minimum atomic E-state index is -0.740. The Balaban J connectivity index is 0.000000361. The Morgan fingerprint density at radius 3 is 2.35 bits per heavy atom. The quantitative estimate of drug-likeness (QED) is 0.588. The number of hydrogen-bond acceptors (Lipinski definition) is 4. The first-order valence-corrected chi connectivity index (χ1v) is 7.19. The molecule has 6 heteroatoms. The zero-order chi connectivity index (χ0) is 15.6. The van der Waals surface area contributed by atoms with E-state index in [0.29, 0.717) is 12.2 Å². The normalized spacial score (nSPS) is 11.1. The van der Waals surface area contributed by atoms with Gasteiger partial charge in [0.25, 0.3) is 5.95 Å². The summed E-state index contributed by atoms with van der Waals surface area (Å²) in [5.41, 5.74) is 0. The number of alkyl halides is 2. The zero-order valence-corrected chi connectivity index (χ0v) is 14.1. The highest BCUT2D eigenvalue weighted by molar-refractivity contribution is 9.25. The molecule has 0 aliphatic heterocycles. The second-order valence-corrected chi connectivity index (χ2v) is 7.37. The molecule has 0 saturated carbocycles. The van der Waals surface area contributed by atoms with Gasteiger partial charge < -0.3 is 9.84 Å². The predicted molar refractivity (Wildman–Crippen MR) is 84.4 cm³/mol. The third kappa shape index (κ3) is 7.83. The number of rotatable bonds is 4. The summed E-state index contributed by atoms with van der Waals surface area (Å²) < 4.78 is 4.03. The molecule has 1 aromatic carbocycles. The lowest BCUT2D eigenvalue weighted by Gasteiger charge is -2.16. The molecule has 1 unspecified atom stereocenters. The fourth-order valence-electron chi connectivity index (χ4n) is 1.000. The van der Waals surface area contributed by atoms with E-state index in [0.717, 1.165) is 0 Å². The molecule has 0 aliphatic rings. The average Bonchev–Trinajstić information content (AvgIpc) is 2.40. The summed E-state index contributed by atoms with van der Waals surface area (Å²) in [6.45, 7) is 5.01. The van der Waals surface area contributed by atoms with Crippen LogP contribution in [0.3, 0.4) is 0 Å². The van der Waals surface area contributed by atoms with E-state index in [9.17, 15) is 0 Å². The maximum Gasteiger partial charge on any atom is 0.274 e. The van der Waals surface area contributed by atoms with Gasteiger partial charge in [0.2, 0.25) is 0 Å². The Kier molecular flexibility index (Phi) is 8.71. The number of para-hydroxylation sites is 1. The van der Waals surface area contributed by atoms with Gasteiger partial charge in [0.1, 0.15) is 5.75 Å². The Morgan fingerprint density at radius 1 is 1.40 bits per heavy atom. The summed E-state index contributed by atoms with van der Waals surface area (Å²) in [5, 5.41) is 25.4. The molecule has 1 atom stereocenters.